The van der Waals surface area contributed by atoms with Crippen LogP contribution in [0.15, 0.2) is 39.0 Å². The first-order valence-corrected chi connectivity index (χ1v) is 11.2. The number of alkyl halides is 3. The van der Waals surface area contributed by atoms with Crippen LogP contribution in [0.2, 0.25) is 0 Å². The first kappa shape index (κ1) is 24.4. The average molecular weight is 529 g/mol. The molecular weight excluding hydrogens is 515 g/mol. The summed E-state index contributed by atoms with van der Waals surface area (Å²) in [5.41, 5.74) is 3.37. The van der Waals surface area contributed by atoms with Crippen LogP contribution in [0.1, 0.15) is 24.4 Å². The maximum absolute atomic E-state index is 13.0. The van der Waals surface area contributed by atoms with Gasteiger partial charge in [0.2, 0.25) is 11.5 Å². The second-order valence-corrected chi connectivity index (χ2v) is 9.18. The molecule has 1 fully saturated rings. The Balaban J connectivity index is 1.54. The molecule has 2 atom stereocenters. The molecule has 4 rings (SSSR count). The second-order valence-electron chi connectivity index (χ2n) is 7.22. The Hall–Kier alpha value is -3.73. The van der Waals surface area contributed by atoms with Crippen LogP contribution in [0.25, 0.3) is 0 Å². The highest BCUT2D eigenvalue weighted by Crippen LogP contribution is 2.43. The minimum Gasteiger partial charge on any atom is -0.477 e. The van der Waals surface area contributed by atoms with E-state index in [0.29, 0.717) is 0 Å². The molecule has 2 aliphatic rings. The number of aromatic nitrogens is 3. The number of halogens is 3. The van der Waals surface area contributed by atoms with Crippen LogP contribution in [0.4, 0.5) is 18.3 Å². The van der Waals surface area contributed by atoms with E-state index < -0.39 is 47.4 Å². The van der Waals surface area contributed by atoms with E-state index in [4.69, 9.17) is 5.73 Å². The highest BCUT2D eigenvalue weighted by Gasteiger charge is 2.54. The number of nitrogens with one attached hydrogen (secondary N) is 1. The quantitative estimate of drug-likeness (QED) is 0.184. The number of thioether (sulfide) groups is 1. The molecule has 17 heteroatoms. The third-order valence-electron chi connectivity index (χ3n) is 5.11. The van der Waals surface area contributed by atoms with Gasteiger partial charge < -0.3 is 21.4 Å². The smallest absolute Gasteiger partial charge is 0.433 e. The maximum Gasteiger partial charge on any atom is 0.433 e. The third kappa shape index (κ3) is 4.63. The van der Waals surface area contributed by atoms with Crippen LogP contribution < -0.4 is 11.1 Å². The van der Waals surface area contributed by atoms with Gasteiger partial charge in [-0.2, -0.15) is 22.5 Å². The van der Waals surface area contributed by atoms with E-state index in [1.807, 2.05) is 0 Å². The molecule has 0 saturated carbocycles. The topological polar surface area (TPSA) is 184 Å². The van der Waals surface area contributed by atoms with Crippen molar-refractivity contribution in [3.05, 3.63) is 40.5 Å². The van der Waals surface area contributed by atoms with Gasteiger partial charge in [0.1, 0.15) is 17.4 Å². The van der Waals surface area contributed by atoms with Gasteiger partial charge >= 0.3 is 12.1 Å². The van der Waals surface area contributed by atoms with Gasteiger partial charge in [0.05, 0.1) is 6.04 Å². The normalized spacial score (nSPS) is 20.4. The zero-order valence-corrected chi connectivity index (χ0v) is 18.8. The van der Waals surface area contributed by atoms with Gasteiger partial charge in [-0.15, -0.1) is 0 Å². The van der Waals surface area contributed by atoms with E-state index in [0.717, 1.165) is 40.5 Å². The first-order chi connectivity index (χ1) is 16.5. The lowest BCUT2D eigenvalue weighted by molar-refractivity contribution is -0.155. The molecule has 2 amide bonds. The van der Waals surface area contributed by atoms with E-state index in [-0.39, 0.29) is 39.3 Å². The summed E-state index contributed by atoms with van der Waals surface area (Å²) in [7, 11) is 0. The summed E-state index contributed by atoms with van der Waals surface area (Å²) < 4.78 is 42.6. The van der Waals surface area contributed by atoms with Crippen LogP contribution in [0.3, 0.4) is 0 Å². The minimum absolute atomic E-state index is 0.0185. The fourth-order valence-corrected chi connectivity index (χ4v) is 5.15. The van der Waals surface area contributed by atoms with E-state index >= 15 is 0 Å². The molecule has 0 aliphatic carbocycles. The molecule has 35 heavy (non-hydrogen) atoms. The molecule has 12 nitrogen and oxygen atoms in total. The molecule has 184 valence electrons. The van der Waals surface area contributed by atoms with Crippen molar-refractivity contribution in [2.24, 2.45) is 5.16 Å². The van der Waals surface area contributed by atoms with Gasteiger partial charge in [0, 0.05) is 27.5 Å². The predicted molar refractivity (Wildman–Crippen MR) is 114 cm³/mol. The summed E-state index contributed by atoms with van der Waals surface area (Å²) >= 11 is 1.55. The average Bonchev–Trinajstić information content (AvgIpc) is 3.22. The molecule has 4 heterocycles. The lowest BCUT2D eigenvalue weighted by Crippen LogP contribution is -2.72. The third-order valence-corrected chi connectivity index (χ3v) is 6.79. The number of allylic oxidation sites excluding steroid dienone is 1. The lowest BCUT2D eigenvalue weighted by Gasteiger charge is -2.50. The zero-order chi connectivity index (χ0) is 25.5. The van der Waals surface area contributed by atoms with Gasteiger partial charge in [-0.3, -0.25) is 19.5 Å². The Kier molecular flexibility index (Phi) is 6.37. The number of nitrogens with zero attached hydrogens (tertiary/aromatic N) is 5. The maximum atomic E-state index is 13.0. The second kappa shape index (κ2) is 9.14. The molecule has 0 bridgehead atoms. The Bertz CT molecular complexity index is 1280. The van der Waals surface area contributed by atoms with Crippen molar-refractivity contribution in [2.45, 2.75) is 36.0 Å². The zero-order valence-electron chi connectivity index (χ0n) is 17.2. The Morgan fingerprint density at radius 2 is 2.11 bits per heavy atom. The largest absolute Gasteiger partial charge is 0.477 e. The van der Waals surface area contributed by atoms with Crippen molar-refractivity contribution >= 4 is 51.9 Å². The predicted octanol–water partition coefficient (Wildman–Crippen LogP) is 1.29. The van der Waals surface area contributed by atoms with Gasteiger partial charge in [-0.25, -0.2) is 4.79 Å². The number of fused-ring (bicyclic) bond motifs is 1. The van der Waals surface area contributed by atoms with Crippen LogP contribution in [-0.4, -0.2) is 65.1 Å². The van der Waals surface area contributed by atoms with E-state index in [1.54, 1.807) is 0 Å². The van der Waals surface area contributed by atoms with Crippen LogP contribution in [0.5, 0.6) is 0 Å². The number of β-lactam (4-membered cyclic amide) rings is 1. The molecule has 1 saturated heterocycles. The summed E-state index contributed by atoms with van der Waals surface area (Å²) in [6, 6.07) is 0.251. The number of hydrogen-bond donors (Lipinski definition) is 4. The number of hydrogen-bond acceptors (Lipinski definition) is 11. The Morgan fingerprint density at radius 1 is 1.37 bits per heavy atom. The number of nitrogens with two attached hydrogens (primary N) is 1. The number of amides is 2. The fraction of sp³-hybridized carbons (Fsp3) is 0.278. The summed E-state index contributed by atoms with van der Waals surface area (Å²) in [6.45, 7) is 0. The minimum atomic E-state index is -4.67. The van der Waals surface area contributed by atoms with Crippen molar-refractivity contribution in [1.82, 2.24) is 24.6 Å². The van der Waals surface area contributed by atoms with Gasteiger partial charge in [-0.1, -0.05) is 16.9 Å². The van der Waals surface area contributed by atoms with Crippen LogP contribution in [-0.2, 0) is 20.6 Å². The highest BCUT2D eigenvalue weighted by molar-refractivity contribution is 8.03. The summed E-state index contributed by atoms with van der Waals surface area (Å²) in [4.78, 5) is 45.5. The van der Waals surface area contributed by atoms with Gasteiger partial charge in [0.15, 0.2) is 5.13 Å². The summed E-state index contributed by atoms with van der Waals surface area (Å²) in [5, 5.41) is 24.2. The van der Waals surface area contributed by atoms with E-state index in [1.165, 1.54) is 6.07 Å². The Labute approximate surface area is 201 Å². The van der Waals surface area contributed by atoms with Crippen LogP contribution >= 0.6 is 23.3 Å². The number of nitrogen functional groups attached to an aromatic ring is 1. The molecule has 2 unspecified atom stereocenters. The molecule has 2 aliphatic heterocycles. The first-order valence-electron chi connectivity index (χ1n) is 9.64. The Morgan fingerprint density at radius 3 is 2.71 bits per heavy atom. The number of anilines is 1. The van der Waals surface area contributed by atoms with Crippen molar-refractivity contribution in [3.8, 4) is 0 Å². The lowest BCUT2D eigenvalue weighted by atomic mass is 9.86. The van der Waals surface area contributed by atoms with Crippen molar-refractivity contribution < 1.29 is 37.9 Å². The molecular formula is C18H14F3N7O5S2. The SMILES string of the molecule is Nc1nc(/C(=N/O)C(=O)NC2C(=O)N3C(C(=O)O)=C(Sc4ccnc(C(F)(F)F)c4)CCC23)ns1. The molecule has 0 spiro atoms. The number of pyridine rings is 1. The standard InChI is InChI=1S/C18H14F3N7O5S2/c19-18(20,21)9-5-6(3-4-23-9)34-8-2-1-7-10(15(30)28(7)12(8)16(31)32)24-14(29)11(26-33)13-25-17(22)35-27-13/h3-5,7,10,33H,1-2H2,(H,24,29)(H,31,32)(H2,22,25,27)/b26-11-. The number of rotatable bonds is 6. The number of oxime groups is 1. The van der Waals surface area contributed by atoms with Crippen molar-refractivity contribution in [1.29, 1.82) is 0 Å². The van der Waals surface area contributed by atoms with Crippen molar-refractivity contribution in [2.75, 3.05) is 5.73 Å². The number of carbonyl (C=O) groups excluding carboxylic acids is 2. The summed E-state index contributed by atoms with van der Waals surface area (Å²) in [5.74, 6) is -3.41. The number of carbonyl (C=O) groups is 3. The molecule has 2 aromatic rings. The van der Waals surface area contributed by atoms with Gasteiger partial charge in [0.25, 0.3) is 11.8 Å². The van der Waals surface area contributed by atoms with E-state index in [2.05, 4.69) is 24.8 Å². The molecule has 0 radical (unpaired) electrons. The molecule has 5 N–H and O–H groups in total. The van der Waals surface area contributed by atoms with Gasteiger partial charge in [-0.05, 0) is 25.0 Å². The number of carboxylic acid groups (broad SMARTS) is 1. The number of carboxylic acids is 1. The summed E-state index contributed by atoms with van der Waals surface area (Å²) in [6.07, 6.45) is -3.36. The number of aliphatic carboxylic acids is 1. The molecule has 0 aromatic carbocycles. The molecule has 2 aromatic heterocycles. The van der Waals surface area contributed by atoms with Crippen molar-refractivity contribution in [3.63, 3.8) is 0 Å². The fourth-order valence-electron chi connectivity index (χ4n) is 3.63. The van der Waals surface area contributed by atoms with E-state index in [9.17, 15) is 37.9 Å². The van der Waals surface area contributed by atoms with Crippen LogP contribution in [0, 0.1) is 0 Å². The monoisotopic (exact) mass is 529 g/mol. The highest BCUT2D eigenvalue weighted by atomic mass is 32.2.